The van der Waals surface area contributed by atoms with Crippen LogP contribution in [0.15, 0.2) is 81.2 Å². The number of rotatable bonds is 8. The maximum absolute atomic E-state index is 11.6. The molecule has 0 amide bonds. The first-order valence-corrected chi connectivity index (χ1v) is 9.19. The van der Waals surface area contributed by atoms with Crippen molar-refractivity contribution in [2.24, 2.45) is 0 Å². The predicted molar refractivity (Wildman–Crippen MR) is 108 cm³/mol. The van der Waals surface area contributed by atoms with Gasteiger partial charge >= 0.3 is 5.70 Å². The van der Waals surface area contributed by atoms with Crippen molar-refractivity contribution in [1.29, 1.82) is 0 Å². The number of nitrogens with one attached hydrogen (secondary N) is 2. The van der Waals surface area contributed by atoms with Crippen LogP contribution >= 0.6 is 39.1 Å². The van der Waals surface area contributed by atoms with E-state index in [0.29, 0.717) is 13.1 Å². The molecule has 2 rings (SSSR count). The van der Waals surface area contributed by atoms with E-state index in [2.05, 4.69) is 26.6 Å². The summed E-state index contributed by atoms with van der Waals surface area (Å²) in [7, 11) is 0. The molecule has 2 N–H and O–H groups in total. The van der Waals surface area contributed by atoms with E-state index in [9.17, 15) is 10.1 Å². The molecule has 0 unspecified atom stereocenters. The van der Waals surface area contributed by atoms with Crippen molar-refractivity contribution in [3.05, 3.63) is 102 Å². The first-order chi connectivity index (χ1) is 12.5. The fraction of sp³-hybridized carbons (Fsp3) is 0.111. The van der Waals surface area contributed by atoms with Crippen LogP contribution in [0.2, 0.25) is 0 Å². The molecule has 0 radical (unpaired) electrons. The number of benzene rings is 2. The van der Waals surface area contributed by atoms with E-state index in [4.69, 9.17) is 23.2 Å². The van der Waals surface area contributed by atoms with Crippen LogP contribution in [-0.4, -0.2) is 4.92 Å². The van der Waals surface area contributed by atoms with Gasteiger partial charge in [-0.05, 0) is 27.1 Å². The molecule has 0 spiro atoms. The molecule has 0 saturated carbocycles. The quantitative estimate of drug-likeness (QED) is 0.331. The van der Waals surface area contributed by atoms with Gasteiger partial charge in [-0.3, -0.25) is 10.1 Å². The SMILES string of the molecule is O=[N+]([O-])C(=C(NCc1ccccc1)NCc1ccccc1)C(Cl)=C(Cl)Br. The molecule has 26 heavy (non-hydrogen) atoms. The minimum absolute atomic E-state index is 0.0358. The van der Waals surface area contributed by atoms with Gasteiger partial charge in [0.05, 0.1) is 4.92 Å². The molecular formula is C18H16BrCl2N3O2. The average Bonchev–Trinajstić information content (AvgIpc) is 2.64. The van der Waals surface area contributed by atoms with E-state index < -0.39 is 4.92 Å². The molecule has 0 aliphatic carbocycles. The Kier molecular flexibility index (Phi) is 7.97. The van der Waals surface area contributed by atoms with Crippen LogP contribution in [0.5, 0.6) is 0 Å². The number of hydrogen-bond donors (Lipinski definition) is 2. The number of halogens is 3. The zero-order valence-corrected chi connectivity index (χ0v) is 16.7. The lowest BCUT2D eigenvalue weighted by atomic mass is 10.2. The van der Waals surface area contributed by atoms with Crippen molar-refractivity contribution >= 4 is 39.1 Å². The van der Waals surface area contributed by atoms with Gasteiger partial charge in [-0.15, -0.1) is 0 Å². The Labute approximate surface area is 170 Å². The van der Waals surface area contributed by atoms with Crippen LogP contribution in [0.3, 0.4) is 0 Å². The summed E-state index contributed by atoms with van der Waals surface area (Å²) in [6.07, 6.45) is 0. The lowest BCUT2D eigenvalue weighted by Gasteiger charge is -2.14. The first-order valence-electron chi connectivity index (χ1n) is 7.64. The Balaban J connectivity index is 2.30. The van der Waals surface area contributed by atoms with Gasteiger partial charge in [-0.1, -0.05) is 83.9 Å². The van der Waals surface area contributed by atoms with Gasteiger partial charge in [0.2, 0.25) is 0 Å². The lowest BCUT2D eigenvalue weighted by Crippen LogP contribution is -2.29. The summed E-state index contributed by atoms with van der Waals surface area (Å²) in [5.74, 6) is 0.185. The minimum atomic E-state index is -0.572. The predicted octanol–water partition coefficient (Wildman–Crippen LogP) is 5.05. The van der Waals surface area contributed by atoms with Gasteiger partial charge in [0.25, 0.3) is 0 Å². The van der Waals surface area contributed by atoms with Crippen molar-refractivity contribution in [3.63, 3.8) is 0 Å². The first kappa shape index (κ1) is 20.3. The van der Waals surface area contributed by atoms with Crippen LogP contribution in [0.25, 0.3) is 0 Å². The number of allylic oxidation sites excluding steroid dienone is 1. The zero-order valence-electron chi connectivity index (χ0n) is 13.6. The van der Waals surface area contributed by atoms with Crippen LogP contribution in [0.1, 0.15) is 11.1 Å². The van der Waals surface area contributed by atoms with Crippen molar-refractivity contribution in [2.45, 2.75) is 13.1 Å². The van der Waals surface area contributed by atoms with Crippen LogP contribution in [0.4, 0.5) is 0 Å². The van der Waals surface area contributed by atoms with E-state index in [1.54, 1.807) is 0 Å². The third kappa shape index (κ3) is 6.05. The maximum Gasteiger partial charge on any atom is 0.329 e. The normalized spacial score (nSPS) is 11.3. The van der Waals surface area contributed by atoms with Gasteiger partial charge in [-0.2, -0.15) is 0 Å². The molecule has 0 heterocycles. The second-order valence-electron chi connectivity index (χ2n) is 5.23. The molecule has 0 saturated heterocycles. The summed E-state index contributed by atoms with van der Waals surface area (Å²) in [6, 6.07) is 19.1. The lowest BCUT2D eigenvalue weighted by molar-refractivity contribution is -0.421. The Hall–Kier alpha value is -2.02. The highest BCUT2D eigenvalue weighted by molar-refractivity contribution is 9.12. The standard InChI is InChI=1S/C18H16BrCl2N3O2/c19-17(21)15(20)16(24(25)26)18(22-11-13-7-3-1-4-8-13)23-12-14-9-5-2-6-10-14/h1-10,22-23H,11-12H2. The molecule has 2 aromatic rings. The Morgan fingerprint density at radius 3 is 1.69 bits per heavy atom. The maximum atomic E-state index is 11.6. The summed E-state index contributed by atoms with van der Waals surface area (Å²) >= 11 is 14.9. The molecule has 2 aromatic carbocycles. The molecular weight excluding hydrogens is 441 g/mol. The molecule has 0 aliphatic rings. The second-order valence-corrected chi connectivity index (χ2v) is 7.24. The highest BCUT2D eigenvalue weighted by Gasteiger charge is 2.25. The molecule has 5 nitrogen and oxygen atoms in total. The van der Waals surface area contributed by atoms with Crippen LogP contribution in [0, 0.1) is 10.1 Å². The molecule has 0 aromatic heterocycles. The van der Waals surface area contributed by atoms with E-state index in [1.165, 1.54) is 0 Å². The summed E-state index contributed by atoms with van der Waals surface area (Å²) in [5.41, 5.74) is 1.61. The summed E-state index contributed by atoms with van der Waals surface area (Å²) in [4.78, 5) is 11.0. The Morgan fingerprint density at radius 1 is 0.923 bits per heavy atom. The third-order valence-electron chi connectivity index (χ3n) is 3.42. The van der Waals surface area contributed by atoms with Crippen molar-refractivity contribution in [3.8, 4) is 0 Å². The van der Waals surface area contributed by atoms with Crippen molar-refractivity contribution < 1.29 is 4.92 Å². The van der Waals surface area contributed by atoms with Gasteiger partial charge < -0.3 is 10.6 Å². The summed E-state index contributed by atoms with van der Waals surface area (Å²) < 4.78 is -0.0358. The van der Waals surface area contributed by atoms with Gasteiger partial charge in [0, 0.05) is 13.1 Å². The van der Waals surface area contributed by atoms with E-state index in [1.807, 2.05) is 60.7 Å². The Morgan fingerprint density at radius 2 is 1.35 bits per heavy atom. The van der Waals surface area contributed by atoms with Crippen LogP contribution < -0.4 is 10.6 Å². The fourth-order valence-corrected chi connectivity index (χ4v) is 2.61. The molecule has 8 heteroatoms. The van der Waals surface area contributed by atoms with E-state index in [0.717, 1.165) is 11.1 Å². The van der Waals surface area contributed by atoms with E-state index >= 15 is 0 Å². The summed E-state index contributed by atoms with van der Waals surface area (Å²) in [6.45, 7) is 0.777. The Bertz CT molecular complexity index is 762. The monoisotopic (exact) mass is 455 g/mol. The van der Waals surface area contributed by atoms with Gasteiger partial charge in [0.1, 0.15) is 8.97 Å². The van der Waals surface area contributed by atoms with Crippen molar-refractivity contribution in [1.82, 2.24) is 10.6 Å². The highest BCUT2D eigenvalue weighted by atomic mass is 79.9. The zero-order chi connectivity index (χ0) is 18.9. The molecule has 0 bridgehead atoms. The molecule has 0 aliphatic heterocycles. The number of nitrogens with zero attached hydrogens (tertiary/aromatic N) is 1. The van der Waals surface area contributed by atoms with Gasteiger partial charge in [-0.25, -0.2) is 0 Å². The van der Waals surface area contributed by atoms with Crippen LogP contribution in [-0.2, 0) is 13.1 Å². The smallest absolute Gasteiger partial charge is 0.329 e. The average molecular weight is 457 g/mol. The summed E-state index contributed by atoms with van der Waals surface area (Å²) in [5, 5.41) is 17.5. The number of hydrogen-bond acceptors (Lipinski definition) is 4. The topological polar surface area (TPSA) is 67.2 Å². The molecule has 0 fully saturated rings. The second kappa shape index (κ2) is 10.2. The molecule has 136 valence electrons. The van der Waals surface area contributed by atoms with E-state index in [-0.39, 0.29) is 20.5 Å². The highest BCUT2D eigenvalue weighted by Crippen LogP contribution is 2.28. The third-order valence-corrected chi connectivity index (χ3v) is 4.70. The van der Waals surface area contributed by atoms with Crippen molar-refractivity contribution in [2.75, 3.05) is 0 Å². The molecule has 0 atom stereocenters. The fourth-order valence-electron chi connectivity index (χ4n) is 2.17. The number of nitro groups is 1. The van der Waals surface area contributed by atoms with Gasteiger partial charge in [0.15, 0.2) is 5.82 Å². The minimum Gasteiger partial charge on any atom is -0.362 e. The largest absolute Gasteiger partial charge is 0.362 e.